The molecule has 3 nitrogen and oxygen atoms in total. The van der Waals surface area contributed by atoms with E-state index in [1.54, 1.807) is 7.11 Å². The van der Waals surface area contributed by atoms with Crippen LogP contribution in [0.15, 0.2) is 22.7 Å². The lowest BCUT2D eigenvalue weighted by molar-refractivity contribution is -0.0256. The number of methoxy groups -OCH3 is 1. The van der Waals surface area contributed by atoms with E-state index in [4.69, 9.17) is 15.5 Å². The van der Waals surface area contributed by atoms with Gasteiger partial charge in [0.1, 0.15) is 11.4 Å². The SMILES string of the molecule is COc1cccc(Br)c1C(C)(C)ON. The standard InChI is InChI=1S/C10H14BrNO2/c1-10(2,14-12)9-7(11)5-4-6-8(9)13-3/h4-6H,12H2,1-3H3. The molecule has 0 saturated heterocycles. The minimum absolute atomic E-state index is 0.578. The largest absolute Gasteiger partial charge is 0.496 e. The first kappa shape index (κ1) is 11.5. The Morgan fingerprint density at radius 2 is 2.00 bits per heavy atom. The average Bonchev–Trinajstić information content (AvgIpc) is 2.17. The smallest absolute Gasteiger partial charge is 0.126 e. The van der Waals surface area contributed by atoms with Gasteiger partial charge in [0.15, 0.2) is 0 Å². The van der Waals surface area contributed by atoms with Crippen LogP contribution in [0.25, 0.3) is 0 Å². The third-order valence-corrected chi connectivity index (χ3v) is 2.75. The highest BCUT2D eigenvalue weighted by molar-refractivity contribution is 9.10. The Kier molecular flexibility index (Phi) is 3.53. The van der Waals surface area contributed by atoms with Crippen molar-refractivity contribution < 1.29 is 9.57 Å². The molecular formula is C10H14BrNO2. The number of nitrogens with two attached hydrogens (primary N) is 1. The van der Waals surface area contributed by atoms with Crippen molar-refractivity contribution >= 4 is 15.9 Å². The maximum atomic E-state index is 5.25. The Hall–Kier alpha value is -0.580. The van der Waals surface area contributed by atoms with Crippen LogP contribution in [-0.2, 0) is 10.4 Å². The van der Waals surface area contributed by atoms with E-state index >= 15 is 0 Å². The maximum absolute atomic E-state index is 5.25. The average molecular weight is 260 g/mol. The van der Waals surface area contributed by atoms with Crippen LogP contribution in [-0.4, -0.2) is 7.11 Å². The zero-order valence-electron chi connectivity index (χ0n) is 8.50. The van der Waals surface area contributed by atoms with Crippen molar-refractivity contribution in [3.8, 4) is 5.75 Å². The van der Waals surface area contributed by atoms with Crippen molar-refractivity contribution in [2.45, 2.75) is 19.4 Å². The molecule has 0 spiro atoms. The van der Waals surface area contributed by atoms with Crippen LogP contribution in [0.5, 0.6) is 5.75 Å². The van der Waals surface area contributed by atoms with E-state index in [0.717, 1.165) is 15.8 Å². The van der Waals surface area contributed by atoms with E-state index in [1.807, 2.05) is 32.0 Å². The van der Waals surface area contributed by atoms with E-state index in [2.05, 4.69) is 15.9 Å². The van der Waals surface area contributed by atoms with Gasteiger partial charge in [-0.15, -0.1) is 0 Å². The second kappa shape index (κ2) is 4.29. The van der Waals surface area contributed by atoms with Crippen molar-refractivity contribution in [3.05, 3.63) is 28.2 Å². The first-order valence-electron chi connectivity index (χ1n) is 4.24. The molecule has 0 saturated carbocycles. The van der Waals surface area contributed by atoms with Gasteiger partial charge in [0.25, 0.3) is 0 Å². The molecule has 0 aliphatic heterocycles. The summed E-state index contributed by atoms with van der Waals surface area (Å²) < 4.78 is 6.17. The van der Waals surface area contributed by atoms with Gasteiger partial charge in [0.2, 0.25) is 0 Å². The Bertz CT molecular complexity index is 326. The van der Waals surface area contributed by atoms with Gasteiger partial charge in [-0.05, 0) is 26.0 Å². The normalized spacial score (nSPS) is 11.5. The van der Waals surface area contributed by atoms with Crippen LogP contribution >= 0.6 is 15.9 Å². The molecule has 1 aromatic rings. The second-order valence-corrected chi connectivity index (χ2v) is 4.30. The summed E-state index contributed by atoms with van der Waals surface area (Å²) in [4.78, 5) is 4.94. The molecule has 0 heterocycles. The van der Waals surface area contributed by atoms with Gasteiger partial charge in [0, 0.05) is 10.0 Å². The molecule has 0 amide bonds. The van der Waals surface area contributed by atoms with Crippen molar-refractivity contribution in [2.24, 2.45) is 5.90 Å². The first-order valence-corrected chi connectivity index (χ1v) is 5.03. The molecule has 0 aliphatic rings. The summed E-state index contributed by atoms with van der Waals surface area (Å²) in [5.74, 6) is 6.01. The molecule has 14 heavy (non-hydrogen) atoms. The van der Waals surface area contributed by atoms with E-state index in [0.29, 0.717) is 0 Å². The van der Waals surface area contributed by atoms with Crippen LogP contribution in [0.4, 0.5) is 0 Å². The van der Waals surface area contributed by atoms with Crippen LogP contribution in [0.1, 0.15) is 19.4 Å². The number of hydrogen-bond acceptors (Lipinski definition) is 3. The summed E-state index contributed by atoms with van der Waals surface area (Å²) in [7, 11) is 1.62. The predicted molar refractivity (Wildman–Crippen MR) is 59.0 cm³/mol. The third kappa shape index (κ3) is 2.08. The highest BCUT2D eigenvalue weighted by Gasteiger charge is 2.27. The molecule has 0 bridgehead atoms. The van der Waals surface area contributed by atoms with Gasteiger partial charge in [-0.3, -0.25) is 4.84 Å². The molecule has 0 aromatic heterocycles. The van der Waals surface area contributed by atoms with Crippen LogP contribution in [0.3, 0.4) is 0 Å². The second-order valence-electron chi connectivity index (χ2n) is 3.45. The number of halogens is 1. The fraction of sp³-hybridized carbons (Fsp3) is 0.400. The molecule has 0 radical (unpaired) electrons. The van der Waals surface area contributed by atoms with E-state index in [9.17, 15) is 0 Å². The Morgan fingerprint density at radius 3 is 2.50 bits per heavy atom. The van der Waals surface area contributed by atoms with E-state index in [1.165, 1.54) is 0 Å². The fourth-order valence-electron chi connectivity index (χ4n) is 1.32. The van der Waals surface area contributed by atoms with Crippen LogP contribution in [0.2, 0.25) is 0 Å². The van der Waals surface area contributed by atoms with Crippen LogP contribution < -0.4 is 10.6 Å². The van der Waals surface area contributed by atoms with Crippen molar-refractivity contribution in [1.29, 1.82) is 0 Å². The Balaban J connectivity index is 3.30. The summed E-state index contributed by atoms with van der Waals surface area (Å²) in [5.41, 5.74) is 0.329. The Labute approximate surface area is 92.3 Å². The molecule has 0 aliphatic carbocycles. The molecule has 78 valence electrons. The number of hydrogen-bond donors (Lipinski definition) is 1. The Morgan fingerprint density at radius 1 is 1.36 bits per heavy atom. The van der Waals surface area contributed by atoms with Gasteiger partial charge < -0.3 is 4.74 Å². The summed E-state index contributed by atoms with van der Waals surface area (Å²) >= 11 is 3.45. The van der Waals surface area contributed by atoms with Crippen molar-refractivity contribution in [1.82, 2.24) is 0 Å². The molecule has 1 rings (SSSR count). The highest BCUT2D eigenvalue weighted by Crippen LogP contribution is 2.37. The first-order chi connectivity index (χ1) is 6.53. The summed E-state index contributed by atoms with van der Waals surface area (Å²) in [5, 5.41) is 0. The van der Waals surface area contributed by atoms with Crippen molar-refractivity contribution in [3.63, 3.8) is 0 Å². The zero-order chi connectivity index (χ0) is 10.8. The maximum Gasteiger partial charge on any atom is 0.126 e. The topological polar surface area (TPSA) is 44.5 Å². The summed E-state index contributed by atoms with van der Waals surface area (Å²) in [6, 6.07) is 5.71. The van der Waals surface area contributed by atoms with Gasteiger partial charge in [-0.25, -0.2) is 5.90 Å². The van der Waals surface area contributed by atoms with Gasteiger partial charge in [-0.1, -0.05) is 22.0 Å². The van der Waals surface area contributed by atoms with Gasteiger partial charge in [0.05, 0.1) is 7.11 Å². The monoisotopic (exact) mass is 259 g/mol. The van der Waals surface area contributed by atoms with E-state index < -0.39 is 5.60 Å². The number of rotatable bonds is 3. The van der Waals surface area contributed by atoms with Gasteiger partial charge >= 0.3 is 0 Å². The minimum Gasteiger partial charge on any atom is -0.496 e. The lowest BCUT2D eigenvalue weighted by Crippen LogP contribution is -2.26. The lowest BCUT2D eigenvalue weighted by atomic mass is 9.97. The van der Waals surface area contributed by atoms with Crippen LogP contribution in [0, 0.1) is 0 Å². The summed E-state index contributed by atoms with van der Waals surface area (Å²) in [6.07, 6.45) is 0. The molecule has 1 aromatic carbocycles. The van der Waals surface area contributed by atoms with Crippen molar-refractivity contribution in [2.75, 3.05) is 7.11 Å². The fourth-order valence-corrected chi connectivity index (χ4v) is 2.14. The molecular weight excluding hydrogens is 246 g/mol. The third-order valence-electron chi connectivity index (χ3n) is 2.09. The van der Waals surface area contributed by atoms with Gasteiger partial charge in [-0.2, -0.15) is 0 Å². The predicted octanol–water partition coefficient (Wildman–Crippen LogP) is 2.58. The zero-order valence-corrected chi connectivity index (χ0v) is 10.1. The molecule has 4 heteroatoms. The quantitative estimate of drug-likeness (QED) is 0.849. The number of benzene rings is 1. The minimum atomic E-state index is -0.578. The van der Waals surface area contributed by atoms with E-state index in [-0.39, 0.29) is 0 Å². The molecule has 0 unspecified atom stereocenters. The number of ether oxygens (including phenoxy) is 1. The lowest BCUT2D eigenvalue weighted by Gasteiger charge is -2.25. The summed E-state index contributed by atoms with van der Waals surface area (Å²) in [6.45, 7) is 3.77. The molecule has 2 N–H and O–H groups in total. The highest BCUT2D eigenvalue weighted by atomic mass is 79.9. The molecule has 0 fully saturated rings. The molecule has 0 atom stereocenters.